The number of rotatable bonds is 5. The van der Waals surface area contributed by atoms with Crippen LogP contribution < -0.4 is 5.32 Å². The molecule has 3 rings (SSSR count). The maximum atomic E-state index is 12.4. The van der Waals surface area contributed by atoms with Crippen molar-refractivity contribution in [2.24, 2.45) is 0 Å². The molecule has 2 aliphatic heterocycles. The second-order valence-electron chi connectivity index (χ2n) is 5.77. The van der Waals surface area contributed by atoms with E-state index < -0.39 is 18.0 Å². The molecule has 0 saturated heterocycles. The van der Waals surface area contributed by atoms with Crippen molar-refractivity contribution in [2.75, 3.05) is 19.0 Å². The Kier molecular flexibility index (Phi) is 5.56. The molecule has 0 amide bonds. The van der Waals surface area contributed by atoms with Crippen molar-refractivity contribution < 1.29 is 23.8 Å². The predicted octanol–water partition coefficient (Wildman–Crippen LogP) is 3.70. The molecule has 1 aromatic carbocycles. The molecular formula is C19H21NO5S. The first-order valence-corrected chi connectivity index (χ1v) is 9.49. The van der Waals surface area contributed by atoms with Gasteiger partial charge in [-0.05, 0) is 31.2 Å². The fourth-order valence-electron chi connectivity index (χ4n) is 3.12. The highest BCUT2D eigenvalue weighted by molar-refractivity contribution is 7.99. The molecule has 2 heterocycles. The molecular weight excluding hydrogens is 354 g/mol. The Labute approximate surface area is 156 Å². The van der Waals surface area contributed by atoms with E-state index in [0.717, 1.165) is 16.2 Å². The average Bonchev–Trinajstić information content (AvgIpc) is 2.97. The Morgan fingerprint density at radius 1 is 1.35 bits per heavy atom. The van der Waals surface area contributed by atoms with Crippen molar-refractivity contribution >= 4 is 23.9 Å². The topological polar surface area (TPSA) is 73.9 Å². The number of cyclic esters (lactones) is 1. The minimum Gasteiger partial charge on any atom is -0.456 e. The lowest BCUT2D eigenvalue weighted by molar-refractivity contribution is -0.136. The summed E-state index contributed by atoms with van der Waals surface area (Å²) in [6, 6.07) is 7.82. The van der Waals surface area contributed by atoms with E-state index in [1.165, 1.54) is 0 Å². The second-order valence-corrected chi connectivity index (χ2v) is 7.08. The second kappa shape index (κ2) is 7.86. The smallest absolute Gasteiger partial charge is 0.456 e. The van der Waals surface area contributed by atoms with E-state index in [9.17, 15) is 9.59 Å². The zero-order valence-corrected chi connectivity index (χ0v) is 15.8. The summed E-state index contributed by atoms with van der Waals surface area (Å²) < 4.78 is 15.7. The maximum absolute atomic E-state index is 12.4. The zero-order valence-electron chi connectivity index (χ0n) is 15.0. The number of carbonyl (C=O) groups excluding carboxylic acids is 2. The van der Waals surface area contributed by atoms with Crippen LogP contribution in [0.25, 0.3) is 0 Å². The Morgan fingerprint density at radius 2 is 2.12 bits per heavy atom. The number of dihydropyridines is 1. The highest BCUT2D eigenvalue weighted by atomic mass is 32.2. The summed E-state index contributed by atoms with van der Waals surface area (Å²) >= 11 is 1.67. The molecule has 1 atom stereocenters. The van der Waals surface area contributed by atoms with E-state index in [1.54, 1.807) is 18.7 Å². The van der Waals surface area contributed by atoms with Crippen molar-refractivity contribution in [3.63, 3.8) is 0 Å². The molecule has 0 fully saturated rings. The SMILES string of the molecule is CCOC(=O)OC1=C(C)NC2=C(C(=O)OC2)C1c1ccccc1SCC. The predicted molar refractivity (Wildman–Crippen MR) is 97.5 cm³/mol. The number of allylic oxidation sites excluding steroid dienone is 2. The van der Waals surface area contributed by atoms with Crippen LogP contribution in [0, 0.1) is 0 Å². The fraction of sp³-hybridized carbons (Fsp3) is 0.368. The summed E-state index contributed by atoms with van der Waals surface area (Å²) in [6.07, 6.45) is -0.787. The lowest BCUT2D eigenvalue weighted by Gasteiger charge is -2.28. The highest BCUT2D eigenvalue weighted by Crippen LogP contribution is 2.44. The first-order valence-electron chi connectivity index (χ1n) is 8.51. The van der Waals surface area contributed by atoms with Crippen molar-refractivity contribution in [1.82, 2.24) is 5.32 Å². The molecule has 0 aliphatic carbocycles. The molecule has 26 heavy (non-hydrogen) atoms. The van der Waals surface area contributed by atoms with Gasteiger partial charge in [0.15, 0.2) is 0 Å². The van der Waals surface area contributed by atoms with E-state index in [2.05, 4.69) is 12.2 Å². The number of hydrogen-bond donors (Lipinski definition) is 1. The number of hydrogen-bond acceptors (Lipinski definition) is 7. The van der Waals surface area contributed by atoms with Crippen LogP contribution in [0.5, 0.6) is 0 Å². The lowest BCUT2D eigenvalue weighted by Crippen LogP contribution is -2.28. The summed E-state index contributed by atoms with van der Waals surface area (Å²) in [7, 11) is 0. The summed E-state index contributed by atoms with van der Waals surface area (Å²) in [4.78, 5) is 25.4. The van der Waals surface area contributed by atoms with Crippen LogP contribution >= 0.6 is 11.8 Å². The first-order chi connectivity index (χ1) is 12.6. The van der Waals surface area contributed by atoms with Gasteiger partial charge in [0.25, 0.3) is 0 Å². The number of ether oxygens (including phenoxy) is 3. The van der Waals surface area contributed by atoms with Gasteiger partial charge in [-0.3, -0.25) is 0 Å². The number of benzene rings is 1. The minimum absolute atomic E-state index is 0.192. The number of nitrogens with one attached hydrogen (secondary N) is 1. The first kappa shape index (κ1) is 18.4. The fourth-order valence-corrected chi connectivity index (χ4v) is 3.96. The lowest BCUT2D eigenvalue weighted by atomic mass is 9.85. The van der Waals surface area contributed by atoms with Crippen molar-refractivity contribution in [2.45, 2.75) is 31.6 Å². The Hall–Kier alpha value is -2.41. The third-order valence-corrected chi connectivity index (χ3v) is 5.11. The summed E-state index contributed by atoms with van der Waals surface area (Å²) in [5.74, 6) is 0.340. The van der Waals surface area contributed by atoms with Crippen molar-refractivity contribution in [3.8, 4) is 0 Å². The van der Waals surface area contributed by atoms with E-state index in [4.69, 9.17) is 14.2 Å². The molecule has 7 heteroatoms. The van der Waals surface area contributed by atoms with Gasteiger partial charge in [-0.25, -0.2) is 9.59 Å². The van der Waals surface area contributed by atoms with Gasteiger partial charge in [-0.2, -0.15) is 0 Å². The number of carbonyl (C=O) groups is 2. The van der Waals surface area contributed by atoms with Gasteiger partial charge in [0.1, 0.15) is 12.4 Å². The van der Waals surface area contributed by atoms with Crippen LogP contribution in [-0.2, 0) is 19.0 Å². The molecule has 0 radical (unpaired) electrons. The number of thioether (sulfide) groups is 1. The molecule has 1 aromatic rings. The third-order valence-electron chi connectivity index (χ3n) is 4.14. The molecule has 0 bridgehead atoms. The molecule has 0 saturated carbocycles. The minimum atomic E-state index is -0.787. The third kappa shape index (κ3) is 3.44. The van der Waals surface area contributed by atoms with Crippen molar-refractivity contribution in [3.05, 3.63) is 52.6 Å². The van der Waals surface area contributed by atoms with Gasteiger partial charge in [-0.1, -0.05) is 25.1 Å². The molecule has 0 aromatic heterocycles. The van der Waals surface area contributed by atoms with Crippen LogP contribution in [0.15, 0.2) is 51.9 Å². The quantitative estimate of drug-likeness (QED) is 0.621. The van der Waals surface area contributed by atoms with Crippen LogP contribution in [0.3, 0.4) is 0 Å². The average molecular weight is 375 g/mol. The van der Waals surface area contributed by atoms with E-state index in [-0.39, 0.29) is 13.2 Å². The van der Waals surface area contributed by atoms with Crippen LogP contribution in [-0.4, -0.2) is 31.1 Å². The van der Waals surface area contributed by atoms with Gasteiger partial charge in [0.2, 0.25) is 0 Å². The molecule has 6 nitrogen and oxygen atoms in total. The van der Waals surface area contributed by atoms with Crippen LogP contribution in [0.4, 0.5) is 4.79 Å². The largest absolute Gasteiger partial charge is 0.513 e. The Balaban J connectivity index is 2.09. The summed E-state index contributed by atoms with van der Waals surface area (Å²) in [5.41, 5.74) is 2.77. The maximum Gasteiger partial charge on any atom is 0.513 e. The van der Waals surface area contributed by atoms with Gasteiger partial charge in [0, 0.05) is 4.90 Å². The van der Waals surface area contributed by atoms with Crippen molar-refractivity contribution in [1.29, 1.82) is 0 Å². The van der Waals surface area contributed by atoms with E-state index >= 15 is 0 Å². The Bertz CT molecular complexity index is 799. The monoisotopic (exact) mass is 375 g/mol. The summed E-state index contributed by atoms with van der Waals surface area (Å²) in [6.45, 7) is 5.99. The number of esters is 1. The zero-order chi connectivity index (χ0) is 18.7. The Morgan fingerprint density at radius 3 is 2.85 bits per heavy atom. The van der Waals surface area contributed by atoms with Crippen LogP contribution in [0.2, 0.25) is 0 Å². The molecule has 2 aliphatic rings. The van der Waals surface area contributed by atoms with Crippen LogP contribution in [0.1, 0.15) is 32.3 Å². The molecule has 0 spiro atoms. The van der Waals surface area contributed by atoms with Gasteiger partial charge in [0.05, 0.1) is 29.5 Å². The molecule has 1 unspecified atom stereocenters. The normalized spacial score (nSPS) is 19.0. The molecule has 1 N–H and O–H groups in total. The highest BCUT2D eigenvalue weighted by Gasteiger charge is 2.41. The van der Waals surface area contributed by atoms with E-state index in [1.807, 2.05) is 31.2 Å². The molecule has 138 valence electrons. The standard InChI is InChI=1S/C19H21NO5S/c1-4-23-19(22)25-17-11(3)20-13-10-24-18(21)16(13)15(17)12-8-6-7-9-14(12)26-5-2/h6-9,15,20H,4-5,10H2,1-3H3. The van der Waals surface area contributed by atoms with Gasteiger partial charge < -0.3 is 19.5 Å². The van der Waals surface area contributed by atoms with E-state index in [0.29, 0.717) is 22.7 Å². The summed E-state index contributed by atoms with van der Waals surface area (Å²) in [5, 5.41) is 3.13. The van der Waals surface area contributed by atoms with Gasteiger partial charge in [-0.15, -0.1) is 11.8 Å². The van der Waals surface area contributed by atoms with Gasteiger partial charge >= 0.3 is 12.1 Å².